The van der Waals surface area contributed by atoms with Gasteiger partial charge in [0.1, 0.15) is 11.1 Å². The third kappa shape index (κ3) is 3.19. The van der Waals surface area contributed by atoms with Gasteiger partial charge in [0.15, 0.2) is 0 Å². The van der Waals surface area contributed by atoms with E-state index in [9.17, 15) is 20.0 Å². The Morgan fingerprint density at radius 1 is 1.32 bits per heavy atom. The predicted octanol–water partition coefficient (Wildman–Crippen LogP) is 2.81. The maximum absolute atomic E-state index is 12.8. The molecule has 0 saturated heterocycles. The van der Waals surface area contributed by atoms with Crippen molar-refractivity contribution >= 4 is 28.2 Å². The van der Waals surface area contributed by atoms with Crippen molar-refractivity contribution in [1.29, 1.82) is 5.26 Å². The van der Waals surface area contributed by atoms with Crippen LogP contribution >= 0.6 is 11.3 Å². The van der Waals surface area contributed by atoms with Crippen LogP contribution in [-0.2, 0) is 35.4 Å². The van der Waals surface area contributed by atoms with Crippen LogP contribution in [0.4, 0.5) is 5.00 Å². The molecule has 0 radical (unpaired) electrons. The lowest BCUT2D eigenvalue weighted by atomic mass is 9.81. The molecule has 4 rings (SSSR count). The number of nitriles is 1. The second-order valence-electron chi connectivity index (χ2n) is 7.74. The smallest absolute Gasteiger partial charge is 0.310 e. The Labute approximate surface area is 167 Å². The van der Waals surface area contributed by atoms with Crippen molar-refractivity contribution in [2.45, 2.75) is 32.2 Å². The highest BCUT2D eigenvalue weighted by molar-refractivity contribution is 7.16. The van der Waals surface area contributed by atoms with Crippen LogP contribution in [0.1, 0.15) is 33.6 Å². The third-order valence-electron chi connectivity index (χ3n) is 5.74. The van der Waals surface area contributed by atoms with Gasteiger partial charge in [0, 0.05) is 24.4 Å². The number of rotatable bonds is 4. The number of carbonyl (C=O) groups excluding carboxylic acids is 1. The van der Waals surface area contributed by atoms with E-state index in [0.29, 0.717) is 23.4 Å². The van der Waals surface area contributed by atoms with Crippen molar-refractivity contribution in [2.24, 2.45) is 5.41 Å². The van der Waals surface area contributed by atoms with Gasteiger partial charge in [0.2, 0.25) is 5.91 Å². The molecule has 0 atom stereocenters. The standard InChI is InChI=1S/C21H21N3O3S/c1-24-7-6-15-16(11-22)19(28-17(15)12-24)23-18(25)10-21(20(26)27)8-13-4-2-3-5-14(13)9-21/h2-5H,6-10,12H2,1H3,(H,23,25)(H,26,27). The fourth-order valence-electron chi connectivity index (χ4n) is 4.26. The fraction of sp³-hybridized carbons (Fsp3) is 0.381. The number of carbonyl (C=O) groups is 2. The molecule has 0 fully saturated rings. The first-order chi connectivity index (χ1) is 13.4. The molecule has 1 aromatic carbocycles. The van der Waals surface area contributed by atoms with E-state index in [1.165, 1.54) is 11.3 Å². The summed E-state index contributed by atoms with van der Waals surface area (Å²) < 4.78 is 0. The van der Waals surface area contributed by atoms with Crippen LogP contribution in [0.25, 0.3) is 0 Å². The van der Waals surface area contributed by atoms with Crippen molar-refractivity contribution in [3.05, 3.63) is 51.4 Å². The first kappa shape index (κ1) is 18.7. The van der Waals surface area contributed by atoms with Crippen molar-refractivity contribution in [1.82, 2.24) is 4.90 Å². The molecule has 0 spiro atoms. The van der Waals surface area contributed by atoms with Crippen LogP contribution in [0, 0.1) is 16.7 Å². The second-order valence-corrected chi connectivity index (χ2v) is 8.85. The third-order valence-corrected chi connectivity index (χ3v) is 6.87. The summed E-state index contributed by atoms with van der Waals surface area (Å²) >= 11 is 1.43. The lowest BCUT2D eigenvalue weighted by Gasteiger charge is -2.23. The van der Waals surface area contributed by atoms with E-state index in [1.54, 1.807) is 0 Å². The molecule has 7 heteroatoms. The molecule has 1 aliphatic heterocycles. The summed E-state index contributed by atoms with van der Waals surface area (Å²) in [5, 5.41) is 22.8. The largest absolute Gasteiger partial charge is 0.481 e. The molecule has 6 nitrogen and oxygen atoms in total. The summed E-state index contributed by atoms with van der Waals surface area (Å²) in [5.74, 6) is -1.30. The summed E-state index contributed by atoms with van der Waals surface area (Å²) in [7, 11) is 2.03. The second kappa shape index (κ2) is 7.04. The van der Waals surface area contributed by atoms with Crippen molar-refractivity contribution in [3.63, 3.8) is 0 Å². The zero-order valence-corrected chi connectivity index (χ0v) is 16.4. The molecule has 2 heterocycles. The monoisotopic (exact) mass is 395 g/mol. The number of thiophene rings is 1. The normalized spacial score (nSPS) is 17.4. The van der Waals surface area contributed by atoms with Crippen LogP contribution in [0.2, 0.25) is 0 Å². The van der Waals surface area contributed by atoms with Crippen LogP contribution in [-0.4, -0.2) is 35.5 Å². The molecular weight excluding hydrogens is 374 g/mol. The van der Waals surface area contributed by atoms with Gasteiger partial charge in [0.25, 0.3) is 0 Å². The number of carboxylic acids is 1. The van der Waals surface area contributed by atoms with Crippen LogP contribution in [0.5, 0.6) is 0 Å². The Kier molecular flexibility index (Phi) is 4.69. The van der Waals surface area contributed by atoms with Gasteiger partial charge < -0.3 is 15.3 Å². The lowest BCUT2D eigenvalue weighted by Crippen LogP contribution is -2.36. The van der Waals surface area contributed by atoms with Gasteiger partial charge in [-0.25, -0.2) is 0 Å². The van der Waals surface area contributed by atoms with E-state index in [2.05, 4.69) is 16.3 Å². The van der Waals surface area contributed by atoms with E-state index in [1.807, 2.05) is 31.3 Å². The molecular formula is C21H21N3O3S. The van der Waals surface area contributed by atoms with E-state index < -0.39 is 11.4 Å². The van der Waals surface area contributed by atoms with Crippen LogP contribution < -0.4 is 5.32 Å². The molecule has 144 valence electrons. The Balaban J connectivity index is 1.55. The first-order valence-electron chi connectivity index (χ1n) is 9.25. The van der Waals surface area contributed by atoms with E-state index in [0.717, 1.165) is 41.1 Å². The quantitative estimate of drug-likeness (QED) is 0.830. The van der Waals surface area contributed by atoms with Gasteiger partial charge in [-0.3, -0.25) is 9.59 Å². The Bertz CT molecular complexity index is 980. The van der Waals surface area contributed by atoms with Gasteiger partial charge >= 0.3 is 5.97 Å². The molecule has 1 aliphatic carbocycles. The molecule has 2 aromatic rings. The summed E-state index contributed by atoms with van der Waals surface area (Å²) in [6.45, 7) is 1.64. The average molecular weight is 395 g/mol. The average Bonchev–Trinajstić information content (AvgIpc) is 3.18. The number of nitrogens with one attached hydrogen (secondary N) is 1. The van der Waals surface area contributed by atoms with E-state index in [-0.39, 0.29) is 12.3 Å². The number of nitrogens with zero attached hydrogens (tertiary/aromatic N) is 2. The minimum absolute atomic E-state index is 0.107. The van der Waals surface area contributed by atoms with Gasteiger partial charge in [-0.15, -0.1) is 11.3 Å². The summed E-state index contributed by atoms with van der Waals surface area (Å²) in [6.07, 6.45) is 1.38. The van der Waals surface area contributed by atoms with Crippen LogP contribution in [0.15, 0.2) is 24.3 Å². The van der Waals surface area contributed by atoms with E-state index in [4.69, 9.17) is 0 Å². The van der Waals surface area contributed by atoms with Crippen molar-refractivity contribution in [3.8, 4) is 6.07 Å². The number of benzene rings is 1. The number of anilines is 1. The number of carboxylic acid groups (broad SMARTS) is 1. The Hall–Kier alpha value is -2.69. The highest BCUT2D eigenvalue weighted by Crippen LogP contribution is 2.41. The SMILES string of the molecule is CN1CCc2c(sc(NC(=O)CC3(C(=O)O)Cc4ccccc4C3)c2C#N)C1. The maximum atomic E-state index is 12.8. The minimum atomic E-state index is -1.13. The number of likely N-dealkylation sites (N-methyl/N-ethyl adjacent to an activating group) is 1. The van der Waals surface area contributed by atoms with Gasteiger partial charge in [0.05, 0.1) is 11.0 Å². The molecule has 1 aromatic heterocycles. The molecule has 0 bridgehead atoms. The molecule has 2 aliphatic rings. The van der Waals surface area contributed by atoms with Gasteiger partial charge in [-0.05, 0) is 43.0 Å². The van der Waals surface area contributed by atoms with Crippen LogP contribution in [0.3, 0.4) is 0 Å². The number of aliphatic carboxylic acids is 1. The minimum Gasteiger partial charge on any atom is -0.481 e. The molecule has 0 unspecified atom stereocenters. The van der Waals surface area contributed by atoms with Gasteiger partial charge in [-0.2, -0.15) is 5.26 Å². The zero-order valence-electron chi connectivity index (χ0n) is 15.6. The van der Waals surface area contributed by atoms with E-state index >= 15 is 0 Å². The number of amides is 1. The maximum Gasteiger partial charge on any atom is 0.310 e. The molecule has 1 amide bonds. The van der Waals surface area contributed by atoms with Crippen molar-refractivity contribution < 1.29 is 14.7 Å². The fourth-order valence-corrected chi connectivity index (χ4v) is 5.56. The molecule has 28 heavy (non-hydrogen) atoms. The Morgan fingerprint density at radius 2 is 2.00 bits per heavy atom. The highest BCUT2D eigenvalue weighted by Gasteiger charge is 2.45. The van der Waals surface area contributed by atoms with Gasteiger partial charge in [-0.1, -0.05) is 24.3 Å². The zero-order chi connectivity index (χ0) is 19.9. The Morgan fingerprint density at radius 3 is 2.61 bits per heavy atom. The highest BCUT2D eigenvalue weighted by atomic mass is 32.1. The number of hydrogen-bond acceptors (Lipinski definition) is 5. The topological polar surface area (TPSA) is 93.4 Å². The lowest BCUT2D eigenvalue weighted by molar-refractivity contribution is -0.150. The molecule has 0 saturated carbocycles. The first-order valence-corrected chi connectivity index (χ1v) is 10.1. The summed E-state index contributed by atoms with van der Waals surface area (Å²) in [6, 6.07) is 9.86. The number of fused-ring (bicyclic) bond motifs is 2. The summed E-state index contributed by atoms with van der Waals surface area (Å²) in [5.41, 5.74) is 2.40. The molecule has 2 N–H and O–H groups in total. The van der Waals surface area contributed by atoms with Crippen molar-refractivity contribution in [2.75, 3.05) is 18.9 Å². The summed E-state index contributed by atoms with van der Waals surface area (Å²) in [4.78, 5) is 28.1. The number of hydrogen-bond donors (Lipinski definition) is 2. The predicted molar refractivity (Wildman–Crippen MR) is 106 cm³/mol.